The standard InChI is InChI=1S/C16H16N2O3S/c1-3-10-4-6-11(7-5-10)12-8-18-13(9-21-2)14(15(19)20)22-16(18)17-12/h4-8H,3,9H2,1-2H3,(H,19,20). The maximum absolute atomic E-state index is 11.3. The molecule has 0 saturated heterocycles. The molecule has 0 fully saturated rings. The Hall–Kier alpha value is -2.18. The van der Waals surface area contributed by atoms with Crippen molar-refractivity contribution in [3.63, 3.8) is 0 Å². The highest BCUT2D eigenvalue weighted by atomic mass is 32.1. The minimum Gasteiger partial charge on any atom is -0.477 e. The van der Waals surface area contributed by atoms with Crippen LogP contribution in [-0.2, 0) is 17.8 Å². The van der Waals surface area contributed by atoms with E-state index in [1.165, 1.54) is 16.9 Å². The molecule has 6 heteroatoms. The van der Waals surface area contributed by atoms with Gasteiger partial charge < -0.3 is 9.84 Å². The van der Waals surface area contributed by atoms with E-state index >= 15 is 0 Å². The molecule has 1 aromatic carbocycles. The maximum Gasteiger partial charge on any atom is 0.347 e. The molecular weight excluding hydrogens is 300 g/mol. The average molecular weight is 316 g/mol. The van der Waals surface area contributed by atoms with Crippen LogP contribution in [0.25, 0.3) is 16.2 Å². The number of aryl methyl sites for hydroxylation is 1. The van der Waals surface area contributed by atoms with Gasteiger partial charge in [0.05, 0.1) is 18.0 Å². The third kappa shape index (κ3) is 2.51. The summed E-state index contributed by atoms with van der Waals surface area (Å²) in [6.45, 7) is 2.36. The first-order valence-corrected chi connectivity index (χ1v) is 7.78. The smallest absolute Gasteiger partial charge is 0.347 e. The molecule has 0 saturated carbocycles. The highest BCUT2D eigenvalue weighted by Crippen LogP contribution is 2.28. The maximum atomic E-state index is 11.3. The average Bonchev–Trinajstić information content (AvgIpc) is 3.07. The lowest BCUT2D eigenvalue weighted by molar-refractivity contribution is 0.0696. The number of aromatic nitrogens is 2. The van der Waals surface area contributed by atoms with Gasteiger partial charge in [-0.15, -0.1) is 0 Å². The van der Waals surface area contributed by atoms with E-state index < -0.39 is 5.97 Å². The molecule has 2 heterocycles. The van der Waals surface area contributed by atoms with Gasteiger partial charge in [0, 0.05) is 18.9 Å². The number of hydrogen-bond donors (Lipinski definition) is 1. The van der Waals surface area contributed by atoms with E-state index in [2.05, 4.69) is 24.0 Å². The zero-order valence-electron chi connectivity index (χ0n) is 12.4. The summed E-state index contributed by atoms with van der Waals surface area (Å²) >= 11 is 1.17. The van der Waals surface area contributed by atoms with E-state index in [4.69, 9.17) is 4.74 Å². The van der Waals surface area contributed by atoms with E-state index in [-0.39, 0.29) is 11.5 Å². The topological polar surface area (TPSA) is 63.8 Å². The van der Waals surface area contributed by atoms with Crippen LogP contribution in [0, 0.1) is 0 Å². The second-order valence-corrected chi connectivity index (χ2v) is 5.92. The highest BCUT2D eigenvalue weighted by Gasteiger charge is 2.20. The van der Waals surface area contributed by atoms with Crippen LogP contribution in [0.3, 0.4) is 0 Å². The summed E-state index contributed by atoms with van der Waals surface area (Å²) in [7, 11) is 1.55. The Labute approximate surface area is 131 Å². The van der Waals surface area contributed by atoms with Gasteiger partial charge in [-0.2, -0.15) is 0 Å². The summed E-state index contributed by atoms with van der Waals surface area (Å²) in [4.78, 5) is 16.8. The van der Waals surface area contributed by atoms with E-state index in [0.717, 1.165) is 17.7 Å². The first kappa shape index (κ1) is 14.7. The van der Waals surface area contributed by atoms with Crippen LogP contribution in [0.1, 0.15) is 27.9 Å². The Kier molecular flexibility index (Phi) is 3.96. The third-order valence-corrected chi connectivity index (χ3v) is 4.64. The Balaban J connectivity index is 2.07. The highest BCUT2D eigenvalue weighted by molar-refractivity contribution is 7.19. The molecule has 0 radical (unpaired) electrons. The van der Waals surface area contributed by atoms with E-state index in [0.29, 0.717) is 10.7 Å². The van der Waals surface area contributed by atoms with Crippen molar-refractivity contribution in [2.24, 2.45) is 0 Å². The number of carboxylic acid groups (broad SMARTS) is 1. The van der Waals surface area contributed by atoms with Gasteiger partial charge in [0.2, 0.25) is 0 Å². The molecule has 0 spiro atoms. The minimum absolute atomic E-state index is 0.242. The number of fused-ring (bicyclic) bond motifs is 1. The van der Waals surface area contributed by atoms with Gasteiger partial charge in [-0.3, -0.25) is 4.40 Å². The van der Waals surface area contributed by atoms with Crippen molar-refractivity contribution in [1.29, 1.82) is 0 Å². The molecule has 0 aliphatic heterocycles. The Morgan fingerprint density at radius 3 is 2.68 bits per heavy atom. The van der Waals surface area contributed by atoms with Crippen LogP contribution < -0.4 is 0 Å². The fourth-order valence-electron chi connectivity index (χ4n) is 2.38. The van der Waals surface area contributed by atoms with Crippen LogP contribution in [0.2, 0.25) is 0 Å². The van der Waals surface area contributed by atoms with Gasteiger partial charge in [-0.1, -0.05) is 42.5 Å². The van der Waals surface area contributed by atoms with Gasteiger partial charge in [0.25, 0.3) is 0 Å². The Morgan fingerprint density at radius 1 is 1.36 bits per heavy atom. The van der Waals surface area contributed by atoms with Gasteiger partial charge in [-0.05, 0) is 12.0 Å². The fourth-order valence-corrected chi connectivity index (χ4v) is 3.33. The molecule has 0 aliphatic carbocycles. The molecule has 2 aromatic heterocycles. The number of carboxylic acids is 1. The quantitative estimate of drug-likeness (QED) is 0.783. The lowest BCUT2D eigenvalue weighted by Gasteiger charge is -2.01. The number of benzene rings is 1. The number of thiazole rings is 1. The fraction of sp³-hybridized carbons (Fsp3) is 0.250. The first-order chi connectivity index (χ1) is 10.6. The normalized spacial score (nSPS) is 11.2. The zero-order valence-corrected chi connectivity index (χ0v) is 13.2. The van der Waals surface area contributed by atoms with Gasteiger partial charge in [0.1, 0.15) is 4.88 Å². The number of hydrogen-bond acceptors (Lipinski definition) is 4. The second-order valence-electron chi connectivity index (χ2n) is 4.95. The van der Waals surface area contributed by atoms with Crippen molar-refractivity contribution >= 4 is 22.3 Å². The summed E-state index contributed by atoms with van der Waals surface area (Å²) in [6, 6.07) is 8.25. The molecular formula is C16H16N2O3S. The molecule has 0 unspecified atom stereocenters. The van der Waals surface area contributed by atoms with Gasteiger partial charge in [-0.25, -0.2) is 9.78 Å². The molecule has 0 aliphatic rings. The Morgan fingerprint density at radius 2 is 2.09 bits per heavy atom. The van der Waals surface area contributed by atoms with E-state index in [1.807, 2.05) is 18.3 Å². The molecule has 1 N–H and O–H groups in total. The second kappa shape index (κ2) is 5.90. The van der Waals surface area contributed by atoms with Gasteiger partial charge in [0.15, 0.2) is 4.96 Å². The molecule has 114 valence electrons. The van der Waals surface area contributed by atoms with E-state index in [1.54, 1.807) is 11.5 Å². The predicted molar refractivity (Wildman–Crippen MR) is 85.6 cm³/mol. The number of rotatable bonds is 5. The number of imidazole rings is 1. The molecule has 0 amide bonds. The summed E-state index contributed by atoms with van der Waals surface area (Å²) in [5.41, 5.74) is 3.76. The summed E-state index contributed by atoms with van der Waals surface area (Å²) in [5, 5.41) is 9.27. The molecule has 3 rings (SSSR count). The molecule has 5 nitrogen and oxygen atoms in total. The van der Waals surface area contributed by atoms with Crippen molar-refractivity contribution in [2.45, 2.75) is 20.0 Å². The number of ether oxygens (including phenoxy) is 1. The molecule has 3 aromatic rings. The van der Waals surface area contributed by atoms with Gasteiger partial charge >= 0.3 is 5.97 Å². The lowest BCUT2D eigenvalue weighted by Crippen LogP contribution is -2.02. The van der Waals surface area contributed by atoms with Crippen LogP contribution in [-0.4, -0.2) is 27.6 Å². The Bertz CT molecular complexity index is 818. The zero-order chi connectivity index (χ0) is 15.7. The van der Waals surface area contributed by atoms with Crippen molar-refractivity contribution in [1.82, 2.24) is 9.38 Å². The van der Waals surface area contributed by atoms with Crippen molar-refractivity contribution in [3.05, 3.63) is 46.6 Å². The van der Waals surface area contributed by atoms with Crippen LogP contribution in [0.4, 0.5) is 0 Å². The molecule has 0 bridgehead atoms. The summed E-state index contributed by atoms with van der Waals surface area (Å²) in [6.07, 6.45) is 2.87. The number of nitrogens with zero attached hydrogens (tertiary/aromatic N) is 2. The number of carbonyl (C=O) groups is 1. The molecule has 0 atom stereocenters. The number of aromatic carboxylic acids is 1. The van der Waals surface area contributed by atoms with Crippen LogP contribution in [0.5, 0.6) is 0 Å². The minimum atomic E-state index is -0.948. The number of methoxy groups -OCH3 is 1. The third-order valence-electron chi connectivity index (χ3n) is 3.55. The lowest BCUT2D eigenvalue weighted by atomic mass is 10.1. The summed E-state index contributed by atoms with van der Waals surface area (Å²) < 4.78 is 6.93. The van der Waals surface area contributed by atoms with Crippen LogP contribution in [0.15, 0.2) is 30.5 Å². The van der Waals surface area contributed by atoms with Crippen molar-refractivity contribution < 1.29 is 14.6 Å². The van der Waals surface area contributed by atoms with Crippen LogP contribution >= 0.6 is 11.3 Å². The first-order valence-electron chi connectivity index (χ1n) is 6.96. The monoisotopic (exact) mass is 316 g/mol. The van der Waals surface area contributed by atoms with Crippen molar-refractivity contribution in [2.75, 3.05) is 7.11 Å². The molecule has 22 heavy (non-hydrogen) atoms. The largest absolute Gasteiger partial charge is 0.477 e. The SMILES string of the molecule is CCc1ccc(-c2cn3c(COC)c(C(=O)O)sc3n2)cc1. The summed E-state index contributed by atoms with van der Waals surface area (Å²) in [5.74, 6) is -0.948. The predicted octanol–water partition coefficient (Wildman–Crippen LogP) is 3.47. The van der Waals surface area contributed by atoms with Crippen molar-refractivity contribution in [3.8, 4) is 11.3 Å². The van der Waals surface area contributed by atoms with E-state index in [9.17, 15) is 9.90 Å².